The molecule has 2 N–H and O–H groups in total. The second-order valence-electron chi connectivity index (χ2n) is 4.09. The van der Waals surface area contributed by atoms with Crippen LogP contribution in [0.1, 0.15) is 19.4 Å². The highest BCUT2D eigenvalue weighted by Gasteiger charge is 2.20. The Morgan fingerprint density at radius 2 is 2.17 bits per heavy atom. The molecule has 1 aromatic heterocycles. The van der Waals surface area contributed by atoms with Gasteiger partial charge in [-0.1, -0.05) is 6.92 Å². The summed E-state index contributed by atoms with van der Waals surface area (Å²) >= 11 is 1.64. The summed E-state index contributed by atoms with van der Waals surface area (Å²) in [5.41, 5.74) is 6.39. The number of anilines is 1. The smallest absolute Gasteiger partial charge is 0.201 e. The number of aromatic nitrogens is 2. The summed E-state index contributed by atoms with van der Waals surface area (Å²) in [5, 5.41) is 0. The van der Waals surface area contributed by atoms with Crippen molar-refractivity contribution in [2.24, 2.45) is 0 Å². The van der Waals surface area contributed by atoms with Gasteiger partial charge in [-0.25, -0.2) is 13.8 Å². The van der Waals surface area contributed by atoms with Crippen LogP contribution in [0.4, 0.5) is 14.7 Å². The van der Waals surface area contributed by atoms with Crippen LogP contribution in [0.3, 0.4) is 0 Å². The number of hydrogen-bond donors (Lipinski definition) is 1. The quantitative estimate of drug-likeness (QED) is 0.928. The Kier molecular flexibility index (Phi) is 3.75. The van der Waals surface area contributed by atoms with Gasteiger partial charge >= 0.3 is 0 Å². The minimum Gasteiger partial charge on any atom is -0.369 e. The minimum absolute atomic E-state index is 0.0151. The van der Waals surface area contributed by atoms with Crippen molar-refractivity contribution in [2.45, 2.75) is 19.4 Å². The number of halogens is 2. The Hall–Kier alpha value is -1.30. The molecule has 0 saturated heterocycles. The monoisotopic (exact) mass is 271 g/mol. The predicted molar refractivity (Wildman–Crippen MR) is 71.8 cm³/mol. The average molecular weight is 271 g/mol. The van der Waals surface area contributed by atoms with Crippen molar-refractivity contribution < 1.29 is 8.78 Å². The first-order chi connectivity index (χ1) is 8.60. The van der Waals surface area contributed by atoms with Crippen molar-refractivity contribution in [2.75, 3.05) is 17.7 Å². The van der Waals surface area contributed by atoms with Crippen molar-refractivity contribution in [3.05, 3.63) is 23.8 Å². The van der Waals surface area contributed by atoms with E-state index in [1.165, 1.54) is 6.07 Å². The van der Waals surface area contributed by atoms with Gasteiger partial charge in [0, 0.05) is 11.8 Å². The molecule has 0 aliphatic heterocycles. The molecule has 0 amide bonds. The Morgan fingerprint density at radius 3 is 2.78 bits per heavy atom. The lowest BCUT2D eigenvalue weighted by Crippen LogP contribution is -2.14. The molecule has 1 aromatic carbocycles. The van der Waals surface area contributed by atoms with Gasteiger partial charge in [-0.2, -0.15) is 11.8 Å². The van der Waals surface area contributed by atoms with Crippen LogP contribution >= 0.6 is 11.8 Å². The second kappa shape index (κ2) is 5.14. The molecule has 1 heterocycles. The number of thioether (sulfide) groups is 1. The molecule has 18 heavy (non-hydrogen) atoms. The maximum Gasteiger partial charge on any atom is 0.201 e. The van der Waals surface area contributed by atoms with E-state index in [-0.39, 0.29) is 17.5 Å². The molecule has 3 nitrogen and oxygen atoms in total. The first-order valence-electron chi connectivity index (χ1n) is 5.70. The third-order valence-electron chi connectivity index (χ3n) is 2.97. The summed E-state index contributed by atoms with van der Waals surface area (Å²) in [5.74, 6) is -0.739. The Bertz CT molecular complexity index is 568. The fourth-order valence-corrected chi connectivity index (χ4v) is 2.85. The third-order valence-corrected chi connectivity index (χ3v) is 3.68. The summed E-state index contributed by atoms with van der Waals surface area (Å²) in [7, 11) is 0. The summed E-state index contributed by atoms with van der Waals surface area (Å²) in [6.45, 7) is 1.99. The molecular formula is C12H15F2N3S. The number of rotatable bonds is 4. The molecule has 98 valence electrons. The van der Waals surface area contributed by atoms with Crippen molar-refractivity contribution in [3.8, 4) is 0 Å². The van der Waals surface area contributed by atoms with E-state index in [0.717, 1.165) is 18.2 Å². The SMILES string of the molecule is CCC(CSC)n1c(N)nc2ccc(F)c(F)c21. The van der Waals surface area contributed by atoms with E-state index in [4.69, 9.17) is 5.73 Å². The Labute approximate surface area is 108 Å². The molecule has 0 fully saturated rings. The number of nitrogens with zero attached hydrogens (tertiary/aromatic N) is 2. The largest absolute Gasteiger partial charge is 0.369 e. The van der Waals surface area contributed by atoms with Crippen LogP contribution in [0.15, 0.2) is 12.1 Å². The molecule has 0 aliphatic carbocycles. The first kappa shape index (κ1) is 13.1. The number of imidazole rings is 1. The molecule has 2 rings (SSSR count). The zero-order valence-corrected chi connectivity index (χ0v) is 11.1. The fraction of sp³-hybridized carbons (Fsp3) is 0.417. The van der Waals surface area contributed by atoms with E-state index >= 15 is 0 Å². The standard InChI is InChI=1S/C12H15F2N3S/c1-3-7(6-18-2)17-11-9(16-12(17)15)5-4-8(13)10(11)14/h4-5,7H,3,6H2,1-2H3,(H2,15,16). The Balaban J connectivity index is 2.68. The molecule has 2 aromatic rings. The molecule has 0 saturated carbocycles. The molecule has 0 radical (unpaired) electrons. The predicted octanol–water partition coefficient (Wildman–Crippen LogP) is 3.21. The first-order valence-corrected chi connectivity index (χ1v) is 7.09. The van der Waals surface area contributed by atoms with Gasteiger partial charge in [0.05, 0.1) is 5.52 Å². The molecule has 6 heteroatoms. The van der Waals surface area contributed by atoms with Gasteiger partial charge < -0.3 is 10.3 Å². The van der Waals surface area contributed by atoms with E-state index in [0.29, 0.717) is 5.52 Å². The van der Waals surface area contributed by atoms with Crippen LogP contribution < -0.4 is 5.73 Å². The topological polar surface area (TPSA) is 43.8 Å². The molecule has 0 aliphatic rings. The minimum atomic E-state index is -0.878. The number of benzene rings is 1. The van der Waals surface area contributed by atoms with Crippen LogP contribution in [0.5, 0.6) is 0 Å². The van der Waals surface area contributed by atoms with Crippen molar-refractivity contribution in [1.29, 1.82) is 0 Å². The second-order valence-corrected chi connectivity index (χ2v) is 5.00. The maximum atomic E-state index is 13.9. The highest BCUT2D eigenvalue weighted by Crippen LogP contribution is 2.29. The number of nitrogens with two attached hydrogens (primary N) is 1. The van der Waals surface area contributed by atoms with Gasteiger partial charge in [0.1, 0.15) is 5.52 Å². The zero-order valence-electron chi connectivity index (χ0n) is 10.3. The number of nitrogen functional groups attached to an aromatic ring is 1. The van der Waals surface area contributed by atoms with Crippen molar-refractivity contribution in [3.63, 3.8) is 0 Å². The molecule has 0 bridgehead atoms. The average Bonchev–Trinajstić information content (AvgIpc) is 2.68. The van der Waals surface area contributed by atoms with Gasteiger partial charge in [-0.05, 0) is 24.8 Å². The van der Waals surface area contributed by atoms with Gasteiger partial charge in [0.2, 0.25) is 5.95 Å². The van der Waals surface area contributed by atoms with E-state index in [9.17, 15) is 8.78 Å². The van der Waals surface area contributed by atoms with Crippen molar-refractivity contribution >= 4 is 28.7 Å². The van der Waals surface area contributed by atoms with Crippen LogP contribution in [0.2, 0.25) is 0 Å². The van der Waals surface area contributed by atoms with E-state index in [1.54, 1.807) is 16.3 Å². The van der Waals surface area contributed by atoms with Crippen LogP contribution in [-0.4, -0.2) is 21.6 Å². The number of fused-ring (bicyclic) bond motifs is 1. The summed E-state index contributed by atoms with van der Waals surface area (Å²) in [4.78, 5) is 4.09. The molecule has 1 unspecified atom stereocenters. The normalized spacial score (nSPS) is 13.1. The lowest BCUT2D eigenvalue weighted by molar-refractivity contribution is 0.500. The number of hydrogen-bond acceptors (Lipinski definition) is 3. The van der Waals surface area contributed by atoms with Gasteiger partial charge in [0.25, 0.3) is 0 Å². The van der Waals surface area contributed by atoms with Crippen LogP contribution in [0, 0.1) is 11.6 Å². The van der Waals surface area contributed by atoms with E-state index in [2.05, 4.69) is 4.98 Å². The van der Waals surface area contributed by atoms with Gasteiger partial charge in [-0.3, -0.25) is 0 Å². The summed E-state index contributed by atoms with van der Waals surface area (Å²) < 4.78 is 28.8. The van der Waals surface area contributed by atoms with Crippen LogP contribution in [-0.2, 0) is 0 Å². The van der Waals surface area contributed by atoms with Gasteiger partial charge in [-0.15, -0.1) is 0 Å². The van der Waals surface area contributed by atoms with E-state index in [1.807, 2.05) is 13.2 Å². The maximum absolute atomic E-state index is 13.9. The Morgan fingerprint density at radius 1 is 1.44 bits per heavy atom. The van der Waals surface area contributed by atoms with Crippen molar-refractivity contribution in [1.82, 2.24) is 9.55 Å². The molecule has 1 atom stereocenters. The third kappa shape index (κ3) is 2.05. The fourth-order valence-electron chi connectivity index (χ4n) is 2.08. The van der Waals surface area contributed by atoms with E-state index < -0.39 is 11.6 Å². The highest BCUT2D eigenvalue weighted by molar-refractivity contribution is 7.98. The van der Waals surface area contributed by atoms with Gasteiger partial charge in [0.15, 0.2) is 11.6 Å². The zero-order chi connectivity index (χ0) is 13.3. The van der Waals surface area contributed by atoms with Crippen LogP contribution in [0.25, 0.3) is 11.0 Å². The molecular weight excluding hydrogens is 256 g/mol. The lowest BCUT2D eigenvalue weighted by atomic mass is 10.2. The summed E-state index contributed by atoms with van der Waals surface area (Å²) in [6.07, 6.45) is 2.75. The summed E-state index contributed by atoms with van der Waals surface area (Å²) in [6, 6.07) is 2.54. The highest BCUT2D eigenvalue weighted by atomic mass is 32.2. The molecule has 0 spiro atoms. The lowest BCUT2D eigenvalue weighted by Gasteiger charge is -2.18.